The Balaban J connectivity index is 2.53. The quantitative estimate of drug-likeness (QED) is 0.866. The van der Waals surface area contributed by atoms with Crippen LogP contribution in [0, 0.1) is 26.6 Å². The Kier molecular flexibility index (Phi) is 4.56. The van der Waals surface area contributed by atoms with Crippen molar-refractivity contribution >= 4 is 0 Å². The number of aryl methyl sites for hydroxylation is 3. The van der Waals surface area contributed by atoms with E-state index < -0.39 is 0 Å². The molecular weight excluding hydrogens is 249 g/mol. The molecule has 0 saturated carbocycles. The smallest absolute Gasteiger partial charge is 0.131 e. The molecule has 0 radical (unpaired) electrons. The molecule has 0 bridgehead atoms. The normalized spacial score (nSPS) is 12.4. The highest BCUT2D eigenvalue weighted by Gasteiger charge is 2.18. The lowest BCUT2D eigenvalue weighted by Crippen LogP contribution is -2.23. The summed E-state index contributed by atoms with van der Waals surface area (Å²) < 4.78 is 14.4. The molecule has 0 saturated heterocycles. The number of hydrogen-bond acceptors (Lipinski definition) is 1. The molecule has 2 rings (SSSR count). The highest BCUT2D eigenvalue weighted by Crippen LogP contribution is 2.27. The van der Waals surface area contributed by atoms with Gasteiger partial charge in [-0.2, -0.15) is 0 Å². The second kappa shape index (κ2) is 6.19. The molecule has 1 atom stereocenters. The van der Waals surface area contributed by atoms with Gasteiger partial charge in [0.2, 0.25) is 0 Å². The Bertz CT molecular complexity index is 584. The van der Waals surface area contributed by atoms with Crippen molar-refractivity contribution in [2.24, 2.45) is 0 Å². The van der Waals surface area contributed by atoms with Crippen molar-refractivity contribution in [3.63, 3.8) is 0 Å². The molecule has 20 heavy (non-hydrogen) atoms. The van der Waals surface area contributed by atoms with E-state index in [4.69, 9.17) is 0 Å². The molecule has 0 fully saturated rings. The molecule has 106 valence electrons. The van der Waals surface area contributed by atoms with Gasteiger partial charge >= 0.3 is 0 Å². The fraction of sp³-hybridized carbons (Fsp3) is 0.333. The Morgan fingerprint density at radius 3 is 2.30 bits per heavy atom. The zero-order valence-corrected chi connectivity index (χ0v) is 12.6. The fourth-order valence-corrected chi connectivity index (χ4v) is 2.68. The van der Waals surface area contributed by atoms with Gasteiger partial charge in [-0.05, 0) is 38.4 Å². The van der Waals surface area contributed by atoms with Crippen LogP contribution in [0.5, 0.6) is 0 Å². The van der Waals surface area contributed by atoms with Gasteiger partial charge in [-0.25, -0.2) is 4.39 Å². The van der Waals surface area contributed by atoms with Crippen molar-refractivity contribution < 1.29 is 4.39 Å². The Hall–Kier alpha value is -1.67. The van der Waals surface area contributed by atoms with Crippen LogP contribution < -0.4 is 5.32 Å². The van der Waals surface area contributed by atoms with E-state index >= 15 is 0 Å². The van der Waals surface area contributed by atoms with E-state index in [0.717, 1.165) is 17.7 Å². The van der Waals surface area contributed by atoms with Gasteiger partial charge < -0.3 is 5.32 Å². The third kappa shape index (κ3) is 3.07. The van der Waals surface area contributed by atoms with Crippen LogP contribution in [0.25, 0.3) is 0 Å². The van der Waals surface area contributed by atoms with E-state index in [1.54, 1.807) is 0 Å². The van der Waals surface area contributed by atoms with Gasteiger partial charge in [0.15, 0.2) is 0 Å². The van der Waals surface area contributed by atoms with E-state index in [0.29, 0.717) is 5.56 Å². The average Bonchev–Trinajstić information content (AvgIpc) is 2.38. The lowest BCUT2D eigenvalue weighted by atomic mass is 9.94. The van der Waals surface area contributed by atoms with Gasteiger partial charge in [-0.1, -0.05) is 54.4 Å². The maximum absolute atomic E-state index is 14.4. The average molecular weight is 271 g/mol. The molecule has 2 aromatic rings. The molecule has 2 aromatic carbocycles. The predicted molar refractivity (Wildman–Crippen MR) is 82.6 cm³/mol. The molecule has 1 nitrogen and oxygen atoms in total. The minimum atomic E-state index is -0.113. The third-order valence-electron chi connectivity index (χ3n) is 3.52. The largest absolute Gasteiger partial charge is 0.306 e. The van der Waals surface area contributed by atoms with E-state index in [-0.39, 0.29) is 11.9 Å². The summed E-state index contributed by atoms with van der Waals surface area (Å²) in [5.74, 6) is -0.113. The highest BCUT2D eigenvalue weighted by molar-refractivity contribution is 5.38. The summed E-state index contributed by atoms with van der Waals surface area (Å²) in [6, 6.07) is 11.9. The van der Waals surface area contributed by atoms with E-state index in [2.05, 4.69) is 37.4 Å². The molecule has 0 spiro atoms. The second-order valence-electron chi connectivity index (χ2n) is 5.39. The Morgan fingerprint density at radius 1 is 1.05 bits per heavy atom. The molecule has 0 aromatic heterocycles. The van der Waals surface area contributed by atoms with Crippen molar-refractivity contribution in [1.29, 1.82) is 0 Å². The van der Waals surface area contributed by atoms with Gasteiger partial charge in [0.05, 0.1) is 6.04 Å². The van der Waals surface area contributed by atoms with Gasteiger partial charge in [0, 0.05) is 5.56 Å². The Morgan fingerprint density at radius 2 is 1.70 bits per heavy atom. The molecule has 1 N–H and O–H groups in total. The van der Waals surface area contributed by atoms with Crippen molar-refractivity contribution in [3.05, 3.63) is 70.0 Å². The number of benzene rings is 2. The number of nitrogens with one attached hydrogen (secondary N) is 1. The van der Waals surface area contributed by atoms with Crippen molar-refractivity contribution in [2.45, 2.75) is 33.7 Å². The summed E-state index contributed by atoms with van der Waals surface area (Å²) in [7, 11) is 0. The van der Waals surface area contributed by atoms with Crippen LogP contribution >= 0.6 is 0 Å². The number of halogens is 1. The molecule has 2 heteroatoms. The first-order valence-electron chi connectivity index (χ1n) is 7.09. The number of hydrogen-bond donors (Lipinski definition) is 1. The maximum Gasteiger partial charge on any atom is 0.131 e. The molecule has 0 amide bonds. The first-order valence-corrected chi connectivity index (χ1v) is 7.09. The van der Waals surface area contributed by atoms with E-state index in [9.17, 15) is 4.39 Å². The number of rotatable bonds is 4. The summed E-state index contributed by atoms with van der Waals surface area (Å²) in [6.07, 6.45) is 0. The van der Waals surface area contributed by atoms with Crippen LogP contribution in [-0.2, 0) is 0 Å². The summed E-state index contributed by atoms with van der Waals surface area (Å²) >= 11 is 0. The van der Waals surface area contributed by atoms with E-state index in [1.807, 2.05) is 32.0 Å². The first kappa shape index (κ1) is 14.7. The summed E-state index contributed by atoms with van der Waals surface area (Å²) in [5.41, 5.74) is 4.94. The third-order valence-corrected chi connectivity index (χ3v) is 3.52. The Labute approximate surface area is 120 Å². The predicted octanol–water partition coefficient (Wildman–Crippen LogP) is 4.45. The molecule has 0 aliphatic heterocycles. The summed E-state index contributed by atoms with van der Waals surface area (Å²) in [6.45, 7) is 8.80. The summed E-state index contributed by atoms with van der Waals surface area (Å²) in [5, 5.41) is 3.40. The topological polar surface area (TPSA) is 12.0 Å². The van der Waals surface area contributed by atoms with Gasteiger partial charge in [0.1, 0.15) is 5.82 Å². The zero-order chi connectivity index (χ0) is 14.7. The SMILES string of the molecule is CCNC(c1cc(C)cc(C)c1)c1cccc(C)c1F. The molecule has 0 heterocycles. The van der Waals surface area contributed by atoms with Crippen LogP contribution in [-0.4, -0.2) is 6.54 Å². The molecule has 1 unspecified atom stereocenters. The minimum absolute atomic E-state index is 0.0986. The van der Waals surface area contributed by atoms with Crippen LogP contribution in [0.15, 0.2) is 36.4 Å². The van der Waals surface area contributed by atoms with Crippen LogP contribution in [0.4, 0.5) is 4.39 Å². The highest BCUT2D eigenvalue weighted by atomic mass is 19.1. The van der Waals surface area contributed by atoms with Crippen molar-refractivity contribution in [1.82, 2.24) is 5.32 Å². The first-order chi connectivity index (χ1) is 9.52. The second-order valence-corrected chi connectivity index (χ2v) is 5.39. The monoisotopic (exact) mass is 271 g/mol. The van der Waals surface area contributed by atoms with Crippen molar-refractivity contribution in [2.75, 3.05) is 6.54 Å². The van der Waals surface area contributed by atoms with Crippen LogP contribution in [0.2, 0.25) is 0 Å². The fourth-order valence-electron chi connectivity index (χ4n) is 2.68. The van der Waals surface area contributed by atoms with Gasteiger partial charge in [-0.3, -0.25) is 0 Å². The standard InChI is InChI=1S/C18H22FN/c1-5-20-18(15-10-12(2)9-13(3)11-15)16-8-6-7-14(4)17(16)19/h6-11,18,20H,5H2,1-4H3. The van der Waals surface area contributed by atoms with Gasteiger partial charge in [0.25, 0.3) is 0 Å². The van der Waals surface area contributed by atoms with Crippen LogP contribution in [0.3, 0.4) is 0 Å². The molecule has 0 aliphatic rings. The molecular formula is C18H22FN. The molecule has 0 aliphatic carbocycles. The van der Waals surface area contributed by atoms with E-state index in [1.165, 1.54) is 11.1 Å². The zero-order valence-electron chi connectivity index (χ0n) is 12.6. The maximum atomic E-state index is 14.4. The van der Waals surface area contributed by atoms with Gasteiger partial charge in [-0.15, -0.1) is 0 Å². The minimum Gasteiger partial charge on any atom is -0.306 e. The van der Waals surface area contributed by atoms with Crippen LogP contribution in [0.1, 0.15) is 40.8 Å². The van der Waals surface area contributed by atoms with Crippen molar-refractivity contribution in [3.8, 4) is 0 Å². The lowest BCUT2D eigenvalue weighted by molar-refractivity contribution is 0.553. The lowest BCUT2D eigenvalue weighted by Gasteiger charge is -2.21. The summed E-state index contributed by atoms with van der Waals surface area (Å²) in [4.78, 5) is 0.